The molecule has 0 N–H and O–H groups in total. The zero-order valence-electron chi connectivity index (χ0n) is 20.4. The third-order valence-electron chi connectivity index (χ3n) is 5.82. The fourth-order valence-electron chi connectivity index (χ4n) is 3.86. The van der Waals surface area contributed by atoms with E-state index in [4.69, 9.17) is 23.2 Å². The number of pyridine rings is 1. The van der Waals surface area contributed by atoms with Gasteiger partial charge < -0.3 is 9.45 Å². The van der Waals surface area contributed by atoms with Crippen molar-refractivity contribution in [3.8, 4) is 0 Å². The van der Waals surface area contributed by atoms with Crippen LogP contribution in [0.3, 0.4) is 0 Å². The number of halogens is 2. The van der Waals surface area contributed by atoms with Crippen molar-refractivity contribution in [1.82, 2.24) is 0 Å². The molecule has 4 rings (SSSR count). The van der Waals surface area contributed by atoms with Crippen LogP contribution in [0.2, 0.25) is 0 Å². The van der Waals surface area contributed by atoms with Crippen LogP contribution in [0.5, 0.6) is 0 Å². The number of aryl methyl sites for hydroxylation is 2. The highest BCUT2D eigenvalue weighted by Gasteiger charge is 2.12. The Bertz CT molecular complexity index is 1370. The molecule has 5 nitrogen and oxygen atoms in total. The lowest BCUT2D eigenvalue weighted by molar-refractivity contribution is -0.662. The summed E-state index contributed by atoms with van der Waals surface area (Å²) < 4.78 is 33.5. The van der Waals surface area contributed by atoms with Crippen LogP contribution in [0.25, 0.3) is 10.9 Å². The van der Waals surface area contributed by atoms with E-state index in [1.165, 1.54) is 39.8 Å². The zero-order chi connectivity index (χ0) is 26.1. The summed E-state index contributed by atoms with van der Waals surface area (Å²) in [4.78, 5) is 2.04. The van der Waals surface area contributed by atoms with Crippen LogP contribution in [0, 0.1) is 13.8 Å². The Labute approximate surface area is 223 Å². The molecule has 0 radical (unpaired) electrons. The summed E-state index contributed by atoms with van der Waals surface area (Å²) in [6.45, 7) is 6.45. The average Bonchev–Trinajstić information content (AvgIpc) is 2.86. The van der Waals surface area contributed by atoms with Gasteiger partial charge in [-0.15, -0.1) is 23.2 Å². The summed E-state index contributed by atoms with van der Waals surface area (Å²) >= 11 is 11.8. The predicted molar refractivity (Wildman–Crippen MR) is 147 cm³/mol. The summed E-state index contributed by atoms with van der Waals surface area (Å²) in [6.07, 6.45) is 2.17. The molecule has 0 saturated heterocycles. The Hall–Kier alpha value is -2.64. The molecule has 0 aliphatic rings. The van der Waals surface area contributed by atoms with E-state index in [2.05, 4.69) is 77.2 Å². The highest BCUT2D eigenvalue weighted by molar-refractivity contribution is 7.85. The monoisotopic (exact) mass is 544 g/mol. The molecule has 0 fully saturated rings. The fourth-order valence-corrected chi connectivity index (χ4v) is 4.73. The molecule has 36 heavy (non-hydrogen) atoms. The van der Waals surface area contributed by atoms with E-state index in [1.54, 1.807) is 12.1 Å². The number of alkyl halides is 2. The molecular weight excluding hydrogens is 515 g/mol. The number of hydrogen-bond donors (Lipinski definition) is 0. The van der Waals surface area contributed by atoms with Gasteiger partial charge in [0.05, 0.1) is 4.90 Å². The van der Waals surface area contributed by atoms with Crippen LogP contribution in [-0.2, 0) is 16.7 Å². The van der Waals surface area contributed by atoms with Gasteiger partial charge in [0, 0.05) is 53.6 Å². The van der Waals surface area contributed by atoms with E-state index >= 15 is 0 Å². The first-order valence-corrected chi connectivity index (χ1v) is 14.1. The average molecular weight is 546 g/mol. The van der Waals surface area contributed by atoms with Crippen LogP contribution in [-0.4, -0.2) is 37.8 Å². The maximum absolute atomic E-state index is 10.4. The van der Waals surface area contributed by atoms with Gasteiger partial charge in [-0.3, -0.25) is 0 Å². The van der Waals surface area contributed by atoms with Crippen molar-refractivity contribution in [2.24, 2.45) is 0 Å². The second kappa shape index (κ2) is 13.1. The molecule has 3 aromatic carbocycles. The largest absolute Gasteiger partial charge is 0.744 e. The maximum atomic E-state index is 10.4. The second-order valence-electron chi connectivity index (χ2n) is 8.44. The van der Waals surface area contributed by atoms with Gasteiger partial charge in [0.2, 0.25) is 5.52 Å². The van der Waals surface area contributed by atoms with E-state index in [0.717, 1.165) is 25.2 Å². The van der Waals surface area contributed by atoms with E-state index < -0.39 is 10.1 Å². The standard InChI is InChI=1S/C21H23Cl2N2.C7H8O3S/c1-17-10-13-25(21-5-3-2-4-20(17)21)16-18-6-8-19(9-7-18)24(14-11-22)15-12-23;1-6-2-4-7(5-3-6)11(8,9)10/h2-10,13H,11-12,14-16H2,1H3;2-5H,1H3,(H,8,9,10)/q+1;/p-1. The lowest BCUT2D eigenvalue weighted by Crippen LogP contribution is -2.35. The molecule has 0 aliphatic heterocycles. The zero-order valence-corrected chi connectivity index (χ0v) is 22.7. The topological polar surface area (TPSA) is 64.3 Å². The second-order valence-corrected chi connectivity index (χ2v) is 10.6. The number of aromatic nitrogens is 1. The Morgan fingerprint density at radius 2 is 1.44 bits per heavy atom. The number of para-hydroxylation sites is 1. The summed E-state index contributed by atoms with van der Waals surface area (Å²) in [5, 5.41) is 1.30. The molecule has 4 aromatic rings. The van der Waals surface area contributed by atoms with Crippen LogP contribution >= 0.6 is 23.2 Å². The van der Waals surface area contributed by atoms with Crippen molar-refractivity contribution >= 4 is 49.9 Å². The highest BCUT2D eigenvalue weighted by Crippen LogP contribution is 2.17. The number of nitrogens with zero attached hydrogens (tertiary/aromatic N) is 2. The molecule has 0 bridgehead atoms. The van der Waals surface area contributed by atoms with Crippen molar-refractivity contribution in [1.29, 1.82) is 0 Å². The molecular formula is C28H30Cl2N2O3S. The molecule has 8 heteroatoms. The van der Waals surface area contributed by atoms with Gasteiger partial charge in [0.25, 0.3) is 0 Å². The quantitative estimate of drug-likeness (QED) is 0.163. The third-order valence-corrected chi connectivity index (χ3v) is 7.00. The van der Waals surface area contributed by atoms with E-state index in [1.807, 2.05) is 6.92 Å². The molecule has 1 aromatic heterocycles. The number of anilines is 1. The minimum atomic E-state index is -4.27. The maximum Gasteiger partial charge on any atom is 0.213 e. The van der Waals surface area contributed by atoms with Crippen LogP contribution < -0.4 is 9.47 Å². The minimum absolute atomic E-state index is 0.178. The van der Waals surface area contributed by atoms with E-state index in [-0.39, 0.29) is 4.90 Å². The Kier molecular flexibility index (Phi) is 10.1. The number of hydrogen-bond acceptors (Lipinski definition) is 4. The van der Waals surface area contributed by atoms with Gasteiger partial charge >= 0.3 is 0 Å². The lowest BCUT2D eigenvalue weighted by atomic mass is 10.1. The Morgan fingerprint density at radius 3 is 2.03 bits per heavy atom. The van der Waals surface area contributed by atoms with Crippen molar-refractivity contribution in [3.63, 3.8) is 0 Å². The van der Waals surface area contributed by atoms with Crippen molar-refractivity contribution in [2.45, 2.75) is 25.3 Å². The molecule has 1 heterocycles. The normalized spacial score (nSPS) is 11.1. The van der Waals surface area contributed by atoms with Gasteiger partial charge in [-0.2, -0.15) is 4.57 Å². The van der Waals surface area contributed by atoms with Gasteiger partial charge in [0.15, 0.2) is 12.7 Å². The van der Waals surface area contributed by atoms with Gasteiger partial charge in [-0.25, -0.2) is 8.42 Å². The van der Waals surface area contributed by atoms with Gasteiger partial charge in [-0.05, 0) is 49.7 Å². The van der Waals surface area contributed by atoms with Crippen molar-refractivity contribution in [3.05, 3.63) is 102 Å². The molecule has 0 unspecified atom stereocenters. The molecule has 0 amide bonds. The first-order valence-electron chi connectivity index (χ1n) is 11.6. The minimum Gasteiger partial charge on any atom is -0.744 e. The van der Waals surface area contributed by atoms with Crippen LogP contribution in [0.15, 0.2) is 90.0 Å². The summed E-state index contributed by atoms with van der Waals surface area (Å²) in [5.41, 5.74) is 5.94. The van der Waals surface area contributed by atoms with Crippen molar-refractivity contribution < 1.29 is 17.5 Å². The molecule has 190 valence electrons. The number of fused-ring (bicyclic) bond motifs is 1. The first kappa shape index (κ1) is 27.9. The van der Waals surface area contributed by atoms with Crippen LogP contribution in [0.4, 0.5) is 5.69 Å². The summed E-state index contributed by atoms with van der Waals surface area (Å²) in [5.74, 6) is 1.20. The third kappa shape index (κ3) is 7.68. The number of benzene rings is 3. The van der Waals surface area contributed by atoms with Crippen molar-refractivity contribution in [2.75, 3.05) is 29.7 Å². The Balaban J connectivity index is 0.000000275. The fraction of sp³-hybridized carbons (Fsp3) is 0.250. The molecule has 0 aliphatic carbocycles. The van der Waals surface area contributed by atoms with Crippen LogP contribution in [0.1, 0.15) is 16.7 Å². The van der Waals surface area contributed by atoms with E-state index in [9.17, 15) is 13.0 Å². The van der Waals surface area contributed by atoms with Gasteiger partial charge in [-0.1, -0.05) is 42.0 Å². The summed E-state index contributed by atoms with van der Waals surface area (Å²) in [7, 11) is -4.27. The molecule has 0 saturated carbocycles. The SMILES string of the molecule is Cc1cc[n+](Cc2ccc(N(CCCl)CCCl)cc2)c2ccccc12.Cc1ccc(S(=O)(=O)[O-])cc1. The number of rotatable bonds is 8. The lowest BCUT2D eigenvalue weighted by Gasteiger charge is -2.22. The van der Waals surface area contributed by atoms with E-state index in [0.29, 0.717) is 11.8 Å². The highest BCUT2D eigenvalue weighted by atomic mass is 35.5. The summed E-state index contributed by atoms with van der Waals surface area (Å²) in [6, 6.07) is 25.2. The van der Waals surface area contributed by atoms with Gasteiger partial charge in [0.1, 0.15) is 10.1 Å². The molecule has 0 spiro atoms. The smallest absolute Gasteiger partial charge is 0.213 e. The molecule has 0 atom stereocenters. The predicted octanol–water partition coefficient (Wildman–Crippen LogP) is 5.67. The first-order chi connectivity index (χ1) is 17.2. The Morgan fingerprint density at radius 1 is 0.833 bits per heavy atom.